The van der Waals surface area contributed by atoms with Crippen LogP contribution < -0.4 is 4.90 Å². The van der Waals surface area contributed by atoms with Crippen molar-refractivity contribution in [1.82, 2.24) is 19.6 Å². The van der Waals surface area contributed by atoms with Crippen LogP contribution in [0.5, 0.6) is 0 Å². The van der Waals surface area contributed by atoms with Gasteiger partial charge in [0.2, 0.25) is 0 Å². The van der Waals surface area contributed by atoms with E-state index in [1.807, 2.05) is 18.2 Å². The molecule has 258 valence electrons. The Morgan fingerprint density at radius 3 is 1.29 bits per heavy atom. The fourth-order valence-corrected chi connectivity index (χ4v) is 5.97. The molecule has 0 bridgehead atoms. The van der Waals surface area contributed by atoms with E-state index >= 15 is 0 Å². The molecule has 0 aliphatic carbocycles. The summed E-state index contributed by atoms with van der Waals surface area (Å²) >= 11 is 0. The number of nitrogens with zero attached hydrogens (tertiary/aromatic N) is 5. The summed E-state index contributed by atoms with van der Waals surface area (Å²) in [7, 11) is 6.33. The minimum atomic E-state index is 0.997. The molecule has 4 aromatic carbocycles. The second kappa shape index (κ2) is 20.3. The van der Waals surface area contributed by atoms with E-state index in [0.717, 1.165) is 45.8 Å². The molecule has 0 N–H and O–H groups in total. The number of hydrogen-bond acceptors (Lipinski definition) is 5. The molecule has 0 radical (unpaired) electrons. The lowest BCUT2D eigenvalue weighted by atomic mass is 10.1. The summed E-state index contributed by atoms with van der Waals surface area (Å²) in [5.41, 5.74) is 9.02. The number of anilines is 1. The third kappa shape index (κ3) is 13.3. The Labute approximate surface area is 297 Å². The third-order valence-corrected chi connectivity index (χ3v) is 9.05. The zero-order valence-electron chi connectivity index (χ0n) is 30.2. The summed E-state index contributed by atoms with van der Waals surface area (Å²) in [6.07, 6.45) is 5.64. The molecule has 6 rings (SSSR count). The number of likely N-dealkylation sites (N-methyl/N-ethyl adjacent to an activating group) is 1. The van der Waals surface area contributed by atoms with Gasteiger partial charge in [0.15, 0.2) is 0 Å². The van der Waals surface area contributed by atoms with Crippen LogP contribution in [0.3, 0.4) is 0 Å². The first-order valence-corrected chi connectivity index (χ1v) is 17.6. The van der Waals surface area contributed by atoms with Crippen molar-refractivity contribution in [3.8, 4) is 0 Å². The van der Waals surface area contributed by atoms with Gasteiger partial charge in [-0.15, -0.1) is 0 Å². The van der Waals surface area contributed by atoms with Crippen LogP contribution in [0.4, 0.5) is 5.69 Å². The molecular weight excluding hydrogens is 599 g/mol. The Morgan fingerprint density at radius 1 is 0.510 bits per heavy atom. The quantitative estimate of drug-likeness (QED) is 0.171. The number of para-hydroxylation sites is 1. The fraction of sp³-hybridized carbons (Fsp3) is 0.318. The maximum Gasteiger partial charge on any atom is 0.0367 e. The van der Waals surface area contributed by atoms with Crippen molar-refractivity contribution >= 4 is 23.9 Å². The van der Waals surface area contributed by atoms with E-state index < -0.39 is 0 Å². The fourth-order valence-electron chi connectivity index (χ4n) is 5.97. The van der Waals surface area contributed by atoms with Crippen LogP contribution in [-0.2, 0) is 19.6 Å². The van der Waals surface area contributed by atoms with Crippen molar-refractivity contribution in [2.75, 3.05) is 78.4 Å². The highest BCUT2D eigenvalue weighted by Gasteiger charge is 2.17. The lowest BCUT2D eigenvalue weighted by Gasteiger charge is -2.36. The van der Waals surface area contributed by atoms with Crippen LogP contribution in [0.25, 0.3) is 18.2 Å². The summed E-state index contributed by atoms with van der Waals surface area (Å²) in [4.78, 5) is 12.1. The molecule has 5 nitrogen and oxygen atoms in total. The zero-order valence-corrected chi connectivity index (χ0v) is 30.2. The molecule has 0 aromatic heterocycles. The van der Waals surface area contributed by atoms with Crippen LogP contribution in [0.15, 0.2) is 123 Å². The van der Waals surface area contributed by atoms with E-state index in [4.69, 9.17) is 0 Å². The zero-order chi connectivity index (χ0) is 34.8. The summed E-state index contributed by atoms with van der Waals surface area (Å²) in [5.74, 6) is 0. The molecular formula is C44H57N5. The maximum absolute atomic E-state index is 3.80. The highest BCUT2D eigenvalue weighted by Crippen LogP contribution is 2.17. The standard InChI is InChI=1S/C19H22N2.C14H20N2.C11H15N/c1-2-17-8-10-18(11-9-17)16-20-12-14-21(15-13-20)19-6-4-3-5-7-19;1-3-13-4-6-14(7-5-13)12-16-10-8-15(2)9-11-16;1-4-10-5-7-11(8-6-10)9-12(2)3/h2-11H,1,12-16H2;3-7H,1,8-12H2,2H3;4-8H,1,9H2,2-3H3. The van der Waals surface area contributed by atoms with E-state index in [1.54, 1.807) is 0 Å². The van der Waals surface area contributed by atoms with Gasteiger partial charge in [-0.2, -0.15) is 0 Å². The SMILES string of the molecule is C=Cc1ccc(CN(C)C)cc1.C=Cc1ccc(CN2CCN(C)CC2)cc1.C=Cc1ccc(CN2CCN(c3ccccc3)CC2)cc1. The van der Waals surface area contributed by atoms with Crippen LogP contribution >= 0.6 is 0 Å². The molecule has 2 aliphatic rings. The van der Waals surface area contributed by atoms with Crippen LogP contribution in [-0.4, -0.2) is 93.1 Å². The summed E-state index contributed by atoms with van der Waals surface area (Å²) in [6, 6.07) is 36.5. The van der Waals surface area contributed by atoms with Gasteiger partial charge >= 0.3 is 0 Å². The maximum atomic E-state index is 3.80. The van der Waals surface area contributed by atoms with E-state index in [-0.39, 0.29) is 0 Å². The van der Waals surface area contributed by atoms with Crippen molar-refractivity contribution in [3.05, 3.63) is 156 Å². The average molecular weight is 656 g/mol. The molecule has 2 saturated heterocycles. The van der Waals surface area contributed by atoms with E-state index in [1.165, 1.54) is 65.2 Å². The van der Waals surface area contributed by atoms with Crippen molar-refractivity contribution in [1.29, 1.82) is 0 Å². The van der Waals surface area contributed by atoms with Gasteiger partial charge in [0.1, 0.15) is 0 Å². The van der Waals surface area contributed by atoms with Gasteiger partial charge < -0.3 is 14.7 Å². The molecule has 2 fully saturated rings. The minimum absolute atomic E-state index is 0.997. The second-order valence-corrected chi connectivity index (χ2v) is 13.3. The monoisotopic (exact) mass is 655 g/mol. The predicted octanol–water partition coefficient (Wildman–Crippen LogP) is 8.12. The van der Waals surface area contributed by atoms with Crippen molar-refractivity contribution in [3.63, 3.8) is 0 Å². The van der Waals surface area contributed by atoms with Crippen molar-refractivity contribution in [2.24, 2.45) is 0 Å². The topological polar surface area (TPSA) is 16.2 Å². The molecule has 0 saturated carbocycles. The molecule has 0 amide bonds. The Bertz CT molecular complexity index is 1510. The number of benzene rings is 4. The Morgan fingerprint density at radius 2 is 0.898 bits per heavy atom. The number of piperazine rings is 2. The Hall–Kier alpha value is -4.26. The van der Waals surface area contributed by atoms with Crippen molar-refractivity contribution in [2.45, 2.75) is 19.6 Å². The number of hydrogen-bond donors (Lipinski definition) is 0. The Balaban J connectivity index is 0.000000173. The third-order valence-electron chi connectivity index (χ3n) is 9.05. The Kier molecular flexibility index (Phi) is 15.6. The second-order valence-electron chi connectivity index (χ2n) is 13.3. The summed E-state index contributed by atoms with van der Waals surface area (Å²) in [6.45, 7) is 23.6. The average Bonchev–Trinajstić information content (AvgIpc) is 3.14. The van der Waals surface area contributed by atoms with Gasteiger partial charge in [-0.3, -0.25) is 9.80 Å². The molecule has 4 aromatic rings. The smallest absolute Gasteiger partial charge is 0.0367 e. The summed E-state index contributed by atoms with van der Waals surface area (Å²) < 4.78 is 0. The molecule has 2 aliphatic heterocycles. The lowest BCUT2D eigenvalue weighted by Crippen LogP contribution is -2.45. The van der Waals surface area contributed by atoms with Gasteiger partial charge in [0.05, 0.1) is 0 Å². The van der Waals surface area contributed by atoms with Crippen molar-refractivity contribution < 1.29 is 0 Å². The lowest BCUT2D eigenvalue weighted by molar-refractivity contribution is 0.148. The van der Waals surface area contributed by atoms with E-state index in [2.05, 4.69) is 169 Å². The molecule has 49 heavy (non-hydrogen) atoms. The van der Waals surface area contributed by atoms with Crippen LogP contribution in [0.2, 0.25) is 0 Å². The molecule has 0 unspecified atom stereocenters. The van der Waals surface area contributed by atoms with Gasteiger partial charge in [-0.05, 0) is 66.7 Å². The van der Waals surface area contributed by atoms with Gasteiger partial charge in [-0.25, -0.2) is 0 Å². The van der Waals surface area contributed by atoms with Gasteiger partial charge in [0, 0.05) is 77.7 Å². The molecule has 0 atom stereocenters. The predicted molar refractivity (Wildman–Crippen MR) is 214 cm³/mol. The first kappa shape index (κ1) is 37.6. The largest absolute Gasteiger partial charge is 0.369 e. The molecule has 0 spiro atoms. The van der Waals surface area contributed by atoms with Gasteiger partial charge in [0.25, 0.3) is 0 Å². The van der Waals surface area contributed by atoms with Crippen LogP contribution in [0.1, 0.15) is 33.4 Å². The minimum Gasteiger partial charge on any atom is -0.369 e. The van der Waals surface area contributed by atoms with E-state index in [0.29, 0.717) is 0 Å². The van der Waals surface area contributed by atoms with E-state index in [9.17, 15) is 0 Å². The van der Waals surface area contributed by atoms with Crippen LogP contribution in [0, 0.1) is 0 Å². The molecule has 2 heterocycles. The first-order valence-electron chi connectivity index (χ1n) is 17.6. The molecule has 5 heteroatoms. The highest BCUT2D eigenvalue weighted by molar-refractivity contribution is 5.49. The number of rotatable bonds is 10. The highest BCUT2D eigenvalue weighted by atomic mass is 15.3. The first-order chi connectivity index (χ1) is 23.8. The summed E-state index contributed by atoms with van der Waals surface area (Å²) in [5, 5.41) is 0. The van der Waals surface area contributed by atoms with Gasteiger partial charge in [-0.1, -0.05) is 129 Å². The normalized spacial score (nSPS) is 15.4.